The number of nitro groups is 1. The summed E-state index contributed by atoms with van der Waals surface area (Å²) in [6.45, 7) is 5.89. The van der Waals surface area contributed by atoms with Gasteiger partial charge in [0.15, 0.2) is 10.9 Å². The molecule has 0 spiro atoms. The van der Waals surface area contributed by atoms with Gasteiger partial charge < -0.3 is 9.73 Å². The van der Waals surface area contributed by atoms with E-state index in [0.29, 0.717) is 29.0 Å². The molecule has 0 saturated carbocycles. The van der Waals surface area contributed by atoms with E-state index >= 15 is 0 Å². The molecule has 2 heterocycles. The number of amides is 1. The van der Waals surface area contributed by atoms with Gasteiger partial charge in [0.25, 0.3) is 5.69 Å². The molecule has 0 aliphatic rings. The van der Waals surface area contributed by atoms with Crippen LogP contribution < -0.4 is 5.32 Å². The van der Waals surface area contributed by atoms with E-state index in [0.717, 1.165) is 0 Å². The number of nitrogens with one attached hydrogen (secondary N) is 1. The molecule has 0 fully saturated rings. The fraction of sp³-hybridized carbons (Fsp3) is 0.167. The van der Waals surface area contributed by atoms with Gasteiger partial charge in [-0.1, -0.05) is 29.4 Å². The first kappa shape index (κ1) is 20.6. The zero-order chi connectivity index (χ0) is 21.0. The molecule has 1 atom stereocenters. The average molecular weight is 434 g/mol. The predicted molar refractivity (Wildman–Crippen MR) is 110 cm³/mol. The molecule has 3 rings (SSSR count). The van der Waals surface area contributed by atoms with Crippen LogP contribution in [0.1, 0.15) is 6.92 Å². The first-order chi connectivity index (χ1) is 13.9. The highest BCUT2D eigenvalue weighted by Gasteiger charge is 2.22. The van der Waals surface area contributed by atoms with Crippen molar-refractivity contribution in [2.45, 2.75) is 23.9 Å². The van der Waals surface area contributed by atoms with Crippen molar-refractivity contribution in [1.29, 1.82) is 0 Å². The Balaban J connectivity index is 1.75. The Morgan fingerprint density at radius 2 is 2.28 bits per heavy atom. The Kier molecular flexibility index (Phi) is 6.35. The predicted octanol–water partition coefficient (Wildman–Crippen LogP) is 4.41. The summed E-state index contributed by atoms with van der Waals surface area (Å²) in [6.07, 6.45) is 3.24. The number of rotatable bonds is 8. The van der Waals surface area contributed by atoms with Crippen molar-refractivity contribution in [2.24, 2.45) is 0 Å². The number of aromatic nitrogens is 3. The van der Waals surface area contributed by atoms with Crippen LogP contribution in [-0.2, 0) is 11.3 Å². The third-order valence-electron chi connectivity index (χ3n) is 3.84. The molecule has 0 radical (unpaired) electrons. The highest BCUT2D eigenvalue weighted by Crippen LogP contribution is 2.30. The monoisotopic (exact) mass is 433 g/mol. The van der Waals surface area contributed by atoms with Gasteiger partial charge in [0.1, 0.15) is 0 Å². The lowest BCUT2D eigenvalue weighted by atomic mass is 10.2. The molecule has 1 N–H and O–H groups in total. The van der Waals surface area contributed by atoms with Crippen LogP contribution in [0.15, 0.2) is 58.8 Å². The topological polar surface area (TPSA) is 116 Å². The minimum Gasteiger partial charge on any atom is -0.461 e. The maximum absolute atomic E-state index is 12.6. The first-order valence-electron chi connectivity index (χ1n) is 8.40. The highest BCUT2D eigenvalue weighted by molar-refractivity contribution is 8.00. The number of carbonyl (C=O) groups is 1. The molecule has 1 unspecified atom stereocenters. The molecule has 3 aromatic rings. The van der Waals surface area contributed by atoms with E-state index in [2.05, 4.69) is 22.1 Å². The van der Waals surface area contributed by atoms with Crippen LogP contribution in [0, 0.1) is 10.1 Å². The van der Waals surface area contributed by atoms with Gasteiger partial charge in [-0.25, -0.2) is 0 Å². The summed E-state index contributed by atoms with van der Waals surface area (Å²) in [6, 6.07) is 7.37. The smallest absolute Gasteiger partial charge is 0.271 e. The standard InChI is InChI=1S/C18H16ClN5O4S/c1-3-8-23-16(15-5-4-9-28-15)21-22-18(23)29-11(2)17(25)20-14-7-6-12(24(26)27)10-13(14)19/h3-7,9-11H,1,8H2,2H3,(H,20,25). The number of furan rings is 1. The Morgan fingerprint density at radius 3 is 2.90 bits per heavy atom. The third kappa shape index (κ3) is 4.66. The quantitative estimate of drug-likeness (QED) is 0.242. The SMILES string of the molecule is C=CCn1c(SC(C)C(=O)Nc2ccc([N+](=O)[O-])cc2Cl)nnc1-c1ccco1. The van der Waals surface area contributed by atoms with E-state index < -0.39 is 10.2 Å². The minimum absolute atomic E-state index is 0.0830. The van der Waals surface area contributed by atoms with E-state index in [9.17, 15) is 14.9 Å². The minimum atomic E-state index is -0.557. The van der Waals surface area contributed by atoms with E-state index in [1.807, 2.05) is 0 Å². The zero-order valence-electron chi connectivity index (χ0n) is 15.2. The van der Waals surface area contributed by atoms with E-state index in [4.69, 9.17) is 16.0 Å². The van der Waals surface area contributed by atoms with Crippen molar-refractivity contribution in [1.82, 2.24) is 14.8 Å². The molecule has 0 aliphatic heterocycles. The van der Waals surface area contributed by atoms with Crippen LogP contribution in [-0.4, -0.2) is 30.8 Å². The van der Waals surface area contributed by atoms with E-state index in [1.54, 1.807) is 36.0 Å². The van der Waals surface area contributed by atoms with Crippen molar-refractivity contribution in [3.05, 3.63) is 64.4 Å². The molecule has 0 bridgehead atoms. The van der Waals surface area contributed by atoms with Crippen LogP contribution >= 0.6 is 23.4 Å². The number of hydrogen-bond acceptors (Lipinski definition) is 7. The summed E-state index contributed by atoms with van der Waals surface area (Å²) in [5.41, 5.74) is 0.136. The number of benzene rings is 1. The molecule has 29 heavy (non-hydrogen) atoms. The summed E-state index contributed by atoms with van der Waals surface area (Å²) in [5, 5.41) is 21.8. The largest absolute Gasteiger partial charge is 0.461 e. The molecule has 11 heteroatoms. The van der Waals surface area contributed by atoms with Gasteiger partial charge in [-0.2, -0.15) is 0 Å². The van der Waals surface area contributed by atoms with Crippen LogP contribution in [0.3, 0.4) is 0 Å². The fourth-order valence-electron chi connectivity index (χ4n) is 2.42. The number of nitro benzene ring substituents is 1. The number of anilines is 1. The summed E-state index contributed by atoms with van der Waals surface area (Å²) in [7, 11) is 0. The number of carbonyl (C=O) groups excluding carboxylic acids is 1. The van der Waals surface area contributed by atoms with Gasteiger partial charge in [0.2, 0.25) is 11.7 Å². The fourth-order valence-corrected chi connectivity index (χ4v) is 3.50. The number of allylic oxidation sites excluding steroid dienone is 1. The Hall–Kier alpha value is -3.11. The molecule has 2 aromatic heterocycles. The Labute approximate surface area is 174 Å². The van der Waals surface area contributed by atoms with Crippen LogP contribution in [0.4, 0.5) is 11.4 Å². The van der Waals surface area contributed by atoms with E-state index in [1.165, 1.54) is 30.0 Å². The Morgan fingerprint density at radius 1 is 1.48 bits per heavy atom. The molecule has 1 amide bonds. The van der Waals surface area contributed by atoms with E-state index in [-0.39, 0.29) is 16.6 Å². The Bertz CT molecular complexity index is 1050. The lowest BCUT2D eigenvalue weighted by Crippen LogP contribution is -2.23. The highest BCUT2D eigenvalue weighted by atomic mass is 35.5. The maximum Gasteiger partial charge on any atom is 0.271 e. The third-order valence-corrected chi connectivity index (χ3v) is 5.24. The molecule has 0 saturated heterocycles. The van der Waals surface area contributed by atoms with Gasteiger partial charge in [-0.3, -0.25) is 19.5 Å². The number of nitrogens with zero attached hydrogens (tertiary/aromatic N) is 4. The number of halogens is 1. The van der Waals surface area contributed by atoms with Crippen molar-refractivity contribution < 1.29 is 14.1 Å². The van der Waals surface area contributed by atoms with Crippen molar-refractivity contribution in [3.63, 3.8) is 0 Å². The van der Waals surface area contributed by atoms with Crippen LogP contribution in [0.2, 0.25) is 5.02 Å². The van der Waals surface area contributed by atoms with Crippen molar-refractivity contribution in [2.75, 3.05) is 5.32 Å². The summed E-state index contributed by atoms with van der Waals surface area (Å²) in [4.78, 5) is 22.8. The molecule has 150 valence electrons. The van der Waals surface area contributed by atoms with Crippen LogP contribution in [0.5, 0.6) is 0 Å². The summed E-state index contributed by atoms with van der Waals surface area (Å²) >= 11 is 7.24. The molecular formula is C18H16ClN5O4S. The summed E-state index contributed by atoms with van der Waals surface area (Å²) < 4.78 is 7.17. The van der Waals surface area contributed by atoms with Gasteiger partial charge >= 0.3 is 0 Å². The van der Waals surface area contributed by atoms with Gasteiger partial charge in [0.05, 0.1) is 27.1 Å². The zero-order valence-corrected chi connectivity index (χ0v) is 16.8. The van der Waals surface area contributed by atoms with Gasteiger partial charge in [-0.15, -0.1) is 16.8 Å². The summed E-state index contributed by atoms with van der Waals surface area (Å²) in [5.74, 6) is 0.753. The van der Waals surface area contributed by atoms with Crippen molar-refractivity contribution >= 4 is 40.6 Å². The average Bonchev–Trinajstić information content (AvgIpc) is 3.34. The molecular weight excluding hydrogens is 418 g/mol. The first-order valence-corrected chi connectivity index (χ1v) is 9.66. The normalized spacial score (nSPS) is 11.8. The number of non-ortho nitro benzene ring substituents is 1. The molecule has 0 aliphatic carbocycles. The van der Waals surface area contributed by atoms with Gasteiger partial charge in [-0.05, 0) is 25.1 Å². The lowest BCUT2D eigenvalue weighted by molar-refractivity contribution is -0.384. The lowest BCUT2D eigenvalue weighted by Gasteiger charge is -2.13. The van der Waals surface area contributed by atoms with Gasteiger partial charge in [0, 0.05) is 18.7 Å². The molecule has 1 aromatic carbocycles. The number of hydrogen-bond donors (Lipinski definition) is 1. The second-order valence-corrected chi connectivity index (χ2v) is 7.57. The molecule has 9 nitrogen and oxygen atoms in total. The number of thioether (sulfide) groups is 1. The maximum atomic E-state index is 12.6. The van der Waals surface area contributed by atoms with Crippen LogP contribution in [0.25, 0.3) is 11.6 Å². The second-order valence-electron chi connectivity index (χ2n) is 5.85. The van der Waals surface area contributed by atoms with Crippen molar-refractivity contribution in [3.8, 4) is 11.6 Å². The second kappa shape index (κ2) is 8.93.